The van der Waals surface area contributed by atoms with Crippen molar-refractivity contribution in [3.05, 3.63) is 54.2 Å². The summed E-state index contributed by atoms with van der Waals surface area (Å²) in [4.78, 5) is 31.8. The lowest BCUT2D eigenvalue weighted by Crippen LogP contribution is -2.50. The van der Waals surface area contributed by atoms with Crippen LogP contribution in [-0.4, -0.2) is 52.8 Å². The molecule has 1 saturated heterocycles. The Morgan fingerprint density at radius 2 is 1.67 bits per heavy atom. The molecule has 108 valence electrons. The highest BCUT2D eigenvalue weighted by Crippen LogP contribution is 2.11. The number of rotatable bonds is 2. The Balaban J connectivity index is 1.60. The van der Waals surface area contributed by atoms with Crippen molar-refractivity contribution >= 4 is 11.8 Å². The van der Waals surface area contributed by atoms with Gasteiger partial charge in [-0.2, -0.15) is 0 Å². The van der Waals surface area contributed by atoms with Crippen molar-refractivity contribution in [3.8, 4) is 0 Å². The second-order valence-corrected chi connectivity index (χ2v) is 4.78. The first-order valence-corrected chi connectivity index (χ1v) is 6.79. The summed E-state index contributed by atoms with van der Waals surface area (Å²) in [5, 5.41) is 0. The van der Waals surface area contributed by atoms with E-state index in [9.17, 15) is 9.59 Å². The van der Waals surface area contributed by atoms with Gasteiger partial charge in [-0.05, 0) is 24.3 Å². The van der Waals surface area contributed by atoms with Crippen molar-refractivity contribution in [3.63, 3.8) is 0 Å². The molecule has 6 heteroatoms. The molecule has 0 aliphatic carbocycles. The molecule has 0 atom stereocenters. The highest BCUT2D eigenvalue weighted by Gasteiger charge is 2.26. The molecule has 2 aromatic heterocycles. The minimum atomic E-state index is -0.134. The van der Waals surface area contributed by atoms with E-state index in [0.29, 0.717) is 37.6 Å². The molecule has 1 aliphatic heterocycles. The summed E-state index contributed by atoms with van der Waals surface area (Å²) in [5.41, 5.74) is 0.434. The SMILES string of the molecule is O=C(c1ccccn1)N1CCN(C(=O)c2ccco2)CC1. The van der Waals surface area contributed by atoms with Crippen LogP contribution in [0.1, 0.15) is 21.0 Å². The summed E-state index contributed by atoms with van der Waals surface area (Å²) in [6.07, 6.45) is 3.08. The van der Waals surface area contributed by atoms with E-state index in [1.807, 2.05) is 0 Å². The van der Waals surface area contributed by atoms with E-state index >= 15 is 0 Å². The van der Waals surface area contributed by atoms with Crippen molar-refractivity contribution in [2.24, 2.45) is 0 Å². The van der Waals surface area contributed by atoms with E-state index in [-0.39, 0.29) is 11.8 Å². The fraction of sp³-hybridized carbons (Fsp3) is 0.267. The maximum Gasteiger partial charge on any atom is 0.289 e. The summed E-state index contributed by atoms with van der Waals surface area (Å²) < 4.78 is 5.11. The molecule has 6 nitrogen and oxygen atoms in total. The molecule has 2 aromatic rings. The largest absolute Gasteiger partial charge is 0.459 e. The number of piperazine rings is 1. The van der Waals surface area contributed by atoms with Gasteiger partial charge in [0, 0.05) is 32.4 Å². The lowest BCUT2D eigenvalue weighted by molar-refractivity contribution is 0.0515. The molecule has 0 saturated carbocycles. The Morgan fingerprint density at radius 1 is 0.952 bits per heavy atom. The molecule has 3 rings (SSSR count). The van der Waals surface area contributed by atoms with Gasteiger partial charge in [0.1, 0.15) is 5.69 Å². The van der Waals surface area contributed by atoms with Crippen LogP contribution in [0.4, 0.5) is 0 Å². The maximum atomic E-state index is 12.2. The van der Waals surface area contributed by atoms with E-state index < -0.39 is 0 Å². The number of nitrogens with zero attached hydrogens (tertiary/aromatic N) is 3. The second kappa shape index (κ2) is 5.78. The van der Waals surface area contributed by atoms with Crippen molar-refractivity contribution in [1.82, 2.24) is 14.8 Å². The zero-order valence-corrected chi connectivity index (χ0v) is 11.4. The summed E-state index contributed by atoms with van der Waals surface area (Å²) in [6, 6.07) is 8.60. The highest BCUT2D eigenvalue weighted by molar-refractivity contribution is 5.93. The zero-order chi connectivity index (χ0) is 14.7. The normalized spacial score (nSPS) is 15.0. The smallest absolute Gasteiger partial charge is 0.289 e. The van der Waals surface area contributed by atoms with Crippen LogP contribution < -0.4 is 0 Å². The van der Waals surface area contributed by atoms with Crippen molar-refractivity contribution < 1.29 is 14.0 Å². The van der Waals surface area contributed by atoms with Crippen LogP contribution in [0.25, 0.3) is 0 Å². The molecular weight excluding hydrogens is 270 g/mol. The van der Waals surface area contributed by atoms with Crippen LogP contribution in [0, 0.1) is 0 Å². The monoisotopic (exact) mass is 285 g/mol. The number of furan rings is 1. The van der Waals surface area contributed by atoms with Crippen LogP contribution in [0.3, 0.4) is 0 Å². The van der Waals surface area contributed by atoms with E-state index in [4.69, 9.17) is 4.42 Å². The van der Waals surface area contributed by atoms with E-state index in [2.05, 4.69) is 4.98 Å². The summed E-state index contributed by atoms with van der Waals surface area (Å²) in [5.74, 6) is 0.102. The van der Waals surface area contributed by atoms with E-state index in [0.717, 1.165) is 0 Å². The van der Waals surface area contributed by atoms with Crippen LogP contribution >= 0.6 is 0 Å². The van der Waals surface area contributed by atoms with Gasteiger partial charge in [-0.15, -0.1) is 0 Å². The third kappa shape index (κ3) is 2.79. The molecule has 0 N–H and O–H groups in total. The van der Waals surface area contributed by atoms with Crippen LogP contribution in [0.2, 0.25) is 0 Å². The average molecular weight is 285 g/mol. The summed E-state index contributed by atoms with van der Waals surface area (Å²) in [6.45, 7) is 2.00. The number of amides is 2. The van der Waals surface area contributed by atoms with Crippen LogP contribution in [0.15, 0.2) is 47.2 Å². The van der Waals surface area contributed by atoms with Crippen LogP contribution in [-0.2, 0) is 0 Å². The number of aromatic nitrogens is 1. The quantitative estimate of drug-likeness (QED) is 0.833. The molecule has 0 aromatic carbocycles. The van der Waals surface area contributed by atoms with E-state index in [1.54, 1.807) is 46.3 Å². The van der Waals surface area contributed by atoms with Gasteiger partial charge in [-0.25, -0.2) is 0 Å². The highest BCUT2D eigenvalue weighted by atomic mass is 16.3. The Labute approximate surface area is 122 Å². The first kappa shape index (κ1) is 13.4. The lowest BCUT2D eigenvalue weighted by atomic mass is 10.2. The molecule has 0 spiro atoms. The predicted molar refractivity (Wildman–Crippen MR) is 74.8 cm³/mol. The number of hydrogen-bond acceptors (Lipinski definition) is 4. The zero-order valence-electron chi connectivity index (χ0n) is 11.4. The maximum absolute atomic E-state index is 12.2. The fourth-order valence-corrected chi connectivity index (χ4v) is 2.32. The topological polar surface area (TPSA) is 66.7 Å². The van der Waals surface area contributed by atoms with Gasteiger partial charge in [-0.1, -0.05) is 6.07 Å². The molecule has 1 fully saturated rings. The molecule has 2 amide bonds. The Hall–Kier alpha value is -2.63. The second-order valence-electron chi connectivity index (χ2n) is 4.78. The van der Waals surface area contributed by atoms with Gasteiger partial charge in [0.25, 0.3) is 11.8 Å². The van der Waals surface area contributed by atoms with Gasteiger partial charge in [0.15, 0.2) is 5.76 Å². The molecule has 0 bridgehead atoms. The standard InChI is InChI=1S/C15H15N3O3/c19-14(12-4-1-2-6-16-12)17-7-9-18(10-8-17)15(20)13-5-3-11-21-13/h1-6,11H,7-10H2. The number of hydrogen-bond donors (Lipinski definition) is 0. The number of pyridine rings is 1. The number of carbonyl (C=O) groups excluding carboxylic acids is 2. The Morgan fingerprint density at radius 3 is 2.24 bits per heavy atom. The van der Waals surface area contributed by atoms with Crippen molar-refractivity contribution in [2.75, 3.05) is 26.2 Å². The third-order valence-electron chi connectivity index (χ3n) is 3.47. The van der Waals surface area contributed by atoms with Gasteiger partial charge < -0.3 is 14.2 Å². The first-order chi connectivity index (χ1) is 10.3. The van der Waals surface area contributed by atoms with Gasteiger partial charge in [0.2, 0.25) is 0 Å². The van der Waals surface area contributed by atoms with Gasteiger partial charge in [-0.3, -0.25) is 14.6 Å². The summed E-state index contributed by atoms with van der Waals surface area (Å²) >= 11 is 0. The first-order valence-electron chi connectivity index (χ1n) is 6.79. The molecule has 3 heterocycles. The summed E-state index contributed by atoms with van der Waals surface area (Å²) in [7, 11) is 0. The lowest BCUT2D eigenvalue weighted by Gasteiger charge is -2.34. The minimum absolute atomic E-state index is 0.0966. The third-order valence-corrected chi connectivity index (χ3v) is 3.47. The van der Waals surface area contributed by atoms with E-state index in [1.165, 1.54) is 6.26 Å². The van der Waals surface area contributed by atoms with Crippen LogP contribution in [0.5, 0.6) is 0 Å². The fourth-order valence-electron chi connectivity index (χ4n) is 2.32. The Kier molecular flexibility index (Phi) is 3.68. The Bertz CT molecular complexity index is 617. The van der Waals surface area contributed by atoms with Crippen molar-refractivity contribution in [1.29, 1.82) is 0 Å². The molecule has 0 unspecified atom stereocenters. The molecule has 1 aliphatic rings. The molecular formula is C15H15N3O3. The van der Waals surface area contributed by atoms with Crippen molar-refractivity contribution in [2.45, 2.75) is 0 Å². The molecule has 0 radical (unpaired) electrons. The minimum Gasteiger partial charge on any atom is -0.459 e. The predicted octanol–water partition coefficient (Wildman–Crippen LogP) is 1.27. The van der Waals surface area contributed by atoms with Gasteiger partial charge >= 0.3 is 0 Å². The molecule has 21 heavy (non-hydrogen) atoms. The average Bonchev–Trinajstić information content (AvgIpc) is 3.09. The number of carbonyl (C=O) groups is 2. The van der Waals surface area contributed by atoms with Gasteiger partial charge in [0.05, 0.1) is 6.26 Å².